The number of nitrogens with zero attached hydrogens (tertiary/aromatic N) is 5. The van der Waals surface area contributed by atoms with Crippen molar-refractivity contribution in [3.05, 3.63) is 12.4 Å². The lowest BCUT2D eigenvalue weighted by Gasteiger charge is -2.19. The molecular formula is C10H14N6O. The van der Waals surface area contributed by atoms with Crippen LogP contribution in [0.3, 0.4) is 0 Å². The molecule has 1 fully saturated rings. The smallest absolute Gasteiger partial charge is 0.199 e. The van der Waals surface area contributed by atoms with Crippen molar-refractivity contribution < 1.29 is 5.11 Å². The second kappa shape index (κ2) is 4.25. The Morgan fingerprint density at radius 2 is 2.35 bits per heavy atom. The summed E-state index contributed by atoms with van der Waals surface area (Å²) in [4.78, 5) is 4.09. The van der Waals surface area contributed by atoms with Crippen LogP contribution in [0.5, 0.6) is 0 Å². The van der Waals surface area contributed by atoms with Crippen LogP contribution in [-0.4, -0.2) is 42.8 Å². The molecule has 2 unspecified atom stereocenters. The maximum atomic E-state index is 9.28. The molecule has 1 saturated carbocycles. The van der Waals surface area contributed by atoms with Gasteiger partial charge in [-0.3, -0.25) is 4.98 Å². The Balaban J connectivity index is 1.87. The third-order valence-corrected chi connectivity index (χ3v) is 3.34. The number of aliphatic hydroxyl groups excluding tert-OH is 1. The zero-order chi connectivity index (χ0) is 11.7. The number of aliphatic hydroxyl groups is 1. The van der Waals surface area contributed by atoms with E-state index in [1.165, 1.54) is 0 Å². The predicted octanol–water partition coefficient (Wildman–Crippen LogP) is 0.0922. The second-order valence-electron chi connectivity index (χ2n) is 4.37. The summed E-state index contributed by atoms with van der Waals surface area (Å²) in [6, 6.07) is 0.275. The molecule has 0 bridgehead atoms. The minimum Gasteiger partial charge on any atom is -0.396 e. The van der Waals surface area contributed by atoms with E-state index < -0.39 is 0 Å². The molecular weight excluding hydrogens is 220 g/mol. The van der Waals surface area contributed by atoms with E-state index in [1.54, 1.807) is 16.9 Å². The molecule has 0 aliphatic heterocycles. The number of aromatic nitrogens is 5. The van der Waals surface area contributed by atoms with Crippen molar-refractivity contribution in [1.29, 1.82) is 0 Å². The van der Waals surface area contributed by atoms with Gasteiger partial charge >= 0.3 is 0 Å². The van der Waals surface area contributed by atoms with Gasteiger partial charge in [0, 0.05) is 18.6 Å². The molecule has 2 aromatic rings. The van der Waals surface area contributed by atoms with Crippen LogP contribution in [-0.2, 0) is 0 Å². The fraction of sp³-hybridized carbons (Fsp3) is 0.600. The van der Waals surface area contributed by atoms with Crippen molar-refractivity contribution in [3.63, 3.8) is 0 Å². The molecule has 7 heteroatoms. The average molecular weight is 234 g/mol. The van der Waals surface area contributed by atoms with Gasteiger partial charge in [0.2, 0.25) is 0 Å². The van der Waals surface area contributed by atoms with Crippen molar-refractivity contribution in [2.45, 2.75) is 25.3 Å². The highest BCUT2D eigenvalue weighted by Crippen LogP contribution is 2.27. The first kappa shape index (κ1) is 10.4. The Hall–Kier alpha value is -1.76. The topological polar surface area (TPSA) is 88.2 Å². The largest absolute Gasteiger partial charge is 0.396 e. The van der Waals surface area contributed by atoms with E-state index in [2.05, 4.69) is 25.8 Å². The molecule has 17 heavy (non-hydrogen) atoms. The second-order valence-corrected chi connectivity index (χ2v) is 4.37. The Morgan fingerprint density at radius 1 is 1.41 bits per heavy atom. The third-order valence-electron chi connectivity index (χ3n) is 3.34. The van der Waals surface area contributed by atoms with Gasteiger partial charge in [0.25, 0.3) is 0 Å². The lowest BCUT2D eigenvalue weighted by atomic mass is 10.1. The molecule has 0 saturated heterocycles. The van der Waals surface area contributed by atoms with Crippen LogP contribution in [0.2, 0.25) is 0 Å². The van der Waals surface area contributed by atoms with Gasteiger partial charge in [-0.15, -0.1) is 5.10 Å². The van der Waals surface area contributed by atoms with Crippen molar-refractivity contribution in [1.82, 2.24) is 25.0 Å². The molecule has 0 aromatic carbocycles. The van der Waals surface area contributed by atoms with Gasteiger partial charge in [-0.2, -0.15) is 4.52 Å². The van der Waals surface area contributed by atoms with Gasteiger partial charge in [-0.1, -0.05) is 6.42 Å². The van der Waals surface area contributed by atoms with Crippen LogP contribution in [0.15, 0.2) is 12.4 Å². The Bertz CT molecular complexity index is 512. The fourth-order valence-electron chi connectivity index (χ4n) is 2.41. The average Bonchev–Trinajstić information content (AvgIpc) is 2.97. The molecule has 0 amide bonds. The number of fused-ring (bicyclic) bond motifs is 1. The van der Waals surface area contributed by atoms with Crippen molar-refractivity contribution >= 4 is 11.5 Å². The minimum atomic E-state index is 0.219. The van der Waals surface area contributed by atoms with Gasteiger partial charge in [-0.25, -0.2) is 0 Å². The molecule has 1 aliphatic rings. The highest BCUT2D eigenvalue weighted by atomic mass is 16.3. The van der Waals surface area contributed by atoms with Crippen molar-refractivity contribution in [2.24, 2.45) is 5.92 Å². The number of hydrogen-bond acceptors (Lipinski definition) is 6. The van der Waals surface area contributed by atoms with E-state index in [0.29, 0.717) is 11.6 Å². The molecule has 2 atom stereocenters. The summed E-state index contributed by atoms with van der Waals surface area (Å²) in [7, 11) is 0. The normalized spacial score (nSPS) is 24.3. The van der Waals surface area contributed by atoms with E-state index >= 15 is 0 Å². The SMILES string of the molecule is OCC1CCCC1Nc1cncc2nnnn12. The van der Waals surface area contributed by atoms with Gasteiger partial charge < -0.3 is 10.4 Å². The first-order valence-electron chi connectivity index (χ1n) is 5.78. The van der Waals surface area contributed by atoms with E-state index in [1.807, 2.05) is 0 Å². The first-order valence-corrected chi connectivity index (χ1v) is 5.78. The number of nitrogens with one attached hydrogen (secondary N) is 1. The van der Waals surface area contributed by atoms with Gasteiger partial charge in [-0.05, 0) is 23.3 Å². The number of anilines is 1. The summed E-state index contributed by atoms with van der Waals surface area (Å²) < 4.78 is 1.62. The van der Waals surface area contributed by atoms with Crippen LogP contribution in [0, 0.1) is 5.92 Å². The number of hydrogen-bond donors (Lipinski definition) is 2. The Labute approximate surface area is 97.9 Å². The lowest BCUT2D eigenvalue weighted by Crippen LogP contribution is -2.27. The monoisotopic (exact) mass is 234 g/mol. The Kier molecular flexibility index (Phi) is 2.60. The molecule has 2 N–H and O–H groups in total. The van der Waals surface area contributed by atoms with E-state index in [-0.39, 0.29) is 12.6 Å². The summed E-state index contributed by atoms with van der Waals surface area (Å²) >= 11 is 0. The summed E-state index contributed by atoms with van der Waals surface area (Å²) in [5.41, 5.74) is 0.619. The van der Waals surface area contributed by atoms with Crippen LogP contribution in [0.4, 0.5) is 5.82 Å². The van der Waals surface area contributed by atoms with E-state index in [9.17, 15) is 5.11 Å². The van der Waals surface area contributed by atoms with Crippen LogP contribution in [0.1, 0.15) is 19.3 Å². The summed E-state index contributed by atoms with van der Waals surface area (Å²) in [6.07, 6.45) is 6.58. The maximum Gasteiger partial charge on any atom is 0.199 e. The molecule has 2 heterocycles. The van der Waals surface area contributed by atoms with Crippen LogP contribution >= 0.6 is 0 Å². The quantitative estimate of drug-likeness (QED) is 0.782. The van der Waals surface area contributed by atoms with Crippen molar-refractivity contribution in [2.75, 3.05) is 11.9 Å². The van der Waals surface area contributed by atoms with Crippen LogP contribution < -0.4 is 5.32 Å². The third kappa shape index (κ3) is 1.82. The lowest BCUT2D eigenvalue weighted by molar-refractivity contribution is 0.222. The maximum absolute atomic E-state index is 9.28. The molecule has 3 rings (SSSR count). The molecule has 0 spiro atoms. The van der Waals surface area contributed by atoms with Gasteiger partial charge in [0.1, 0.15) is 0 Å². The highest BCUT2D eigenvalue weighted by Gasteiger charge is 2.27. The minimum absolute atomic E-state index is 0.219. The predicted molar refractivity (Wildman–Crippen MR) is 60.4 cm³/mol. The summed E-state index contributed by atoms with van der Waals surface area (Å²) in [5, 5.41) is 24.0. The zero-order valence-electron chi connectivity index (χ0n) is 9.32. The van der Waals surface area contributed by atoms with Gasteiger partial charge in [0.05, 0.1) is 12.4 Å². The standard InChI is InChI=1S/C10H14N6O/c17-6-7-2-1-3-8(7)12-9-4-11-5-10-13-14-15-16(9)10/h4-5,7-8,12,17H,1-3,6H2. The summed E-state index contributed by atoms with van der Waals surface area (Å²) in [6.45, 7) is 0.219. The molecule has 90 valence electrons. The number of tetrazole rings is 1. The van der Waals surface area contributed by atoms with Gasteiger partial charge in [0.15, 0.2) is 11.5 Å². The summed E-state index contributed by atoms with van der Waals surface area (Å²) in [5.74, 6) is 1.08. The van der Waals surface area contributed by atoms with Crippen molar-refractivity contribution in [3.8, 4) is 0 Å². The molecule has 2 aromatic heterocycles. The van der Waals surface area contributed by atoms with E-state index in [4.69, 9.17) is 0 Å². The highest BCUT2D eigenvalue weighted by molar-refractivity contribution is 5.44. The first-order chi connectivity index (χ1) is 8.38. The zero-order valence-corrected chi connectivity index (χ0v) is 9.32. The Morgan fingerprint density at radius 3 is 3.24 bits per heavy atom. The molecule has 7 nitrogen and oxygen atoms in total. The number of rotatable bonds is 3. The molecule has 0 radical (unpaired) electrons. The fourth-order valence-corrected chi connectivity index (χ4v) is 2.41. The molecule has 1 aliphatic carbocycles. The van der Waals surface area contributed by atoms with E-state index in [0.717, 1.165) is 25.1 Å². The van der Waals surface area contributed by atoms with Crippen LogP contribution in [0.25, 0.3) is 5.65 Å².